The van der Waals surface area contributed by atoms with Crippen molar-refractivity contribution in [3.05, 3.63) is 89.5 Å². The number of amides is 1. The minimum Gasteiger partial charge on any atom is -0.497 e. The SMILES string of the molecule is CCCCc1ccc(NC(=O)c2c(C)c(-c3ccc(OC)cc3)nc3ccccc23)cc1. The summed E-state index contributed by atoms with van der Waals surface area (Å²) < 4.78 is 5.28. The summed E-state index contributed by atoms with van der Waals surface area (Å²) in [7, 11) is 1.65. The quantitative estimate of drug-likeness (QED) is 0.354. The molecule has 1 amide bonds. The number of carbonyl (C=O) groups excluding carboxylic acids is 1. The topological polar surface area (TPSA) is 51.2 Å². The van der Waals surface area contributed by atoms with Crippen LogP contribution in [0.5, 0.6) is 5.75 Å². The Hall–Kier alpha value is -3.66. The van der Waals surface area contributed by atoms with Gasteiger partial charge in [-0.3, -0.25) is 4.79 Å². The molecule has 4 heteroatoms. The lowest BCUT2D eigenvalue weighted by molar-refractivity contribution is 0.102. The number of nitrogens with one attached hydrogen (secondary N) is 1. The van der Waals surface area contributed by atoms with E-state index in [-0.39, 0.29) is 5.91 Å². The molecule has 32 heavy (non-hydrogen) atoms. The molecule has 0 spiro atoms. The number of anilines is 1. The Balaban J connectivity index is 1.72. The lowest BCUT2D eigenvalue weighted by Gasteiger charge is -2.15. The molecular formula is C28H28N2O2. The number of hydrogen-bond donors (Lipinski definition) is 1. The number of unbranched alkanes of at least 4 members (excludes halogenated alkanes) is 1. The molecule has 1 N–H and O–H groups in total. The van der Waals surface area contributed by atoms with Crippen molar-refractivity contribution in [2.24, 2.45) is 0 Å². The molecule has 162 valence electrons. The number of methoxy groups -OCH3 is 1. The standard InChI is InChI=1S/C28H28N2O2/c1-4-5-8-20-11-15-22(16-12-20)29-28(31)26-19(2)27(21-13-17-23(32-3)18-14-21)30-25-10-7-6-9-24(25)26/h6-7,9-18H,4-5,8H2,1-3H3,(H,29,31). The highest BCUT2D eigenvalue weighted by Crippen LogP contribution is 2.31. The Bertz CT molecular complexity index is 1230. The van der Waals surface area contributed by atoms with Crippen LogP contribution in [-0.4, -0.2) is 18.0 Å². The van der Waals surface area contributed by atoms with Crippen LogP contribution in [-0.2, 0) is 6.42 Å². The number of aromatic nitrogens is 1. The van der Waals surface area contributed by atoms with Crippen LogP contribution in [0.3, 0.4) is 0 Å². The molecule has 3 aromatic carbocycles. The van der Waals surface area contributed by atoms with Crippen molar-refractivity contribution in [1.82, 2.24) is 4.98 Å². The first-order valence-electron chi connectivity index (χ1n) is 11.0. The van der Waals surface area contributed by atoms with Crippen LogP contribution in [0.15, 0.2) is 72.8 Å². The van der Waals surface area contributed by atoms with Gasteiger partial charge in [0.2, 0.25) is 0 Å². The van der Waals surface area contributed by atoms with Gasteiger partial charge in [-0.1, -0.05) is 43.7 Å². The van der Waals surface area contributed by atoms with Crippen molar-refractivity contribution in [2.75, 3.05) is 12.4 Å². The molecule has 4 nitrogen and oxygen atoms in total. The molecule has 0 unspecified atom stereocenters. The Morgan fingerprint density at radius 2 is 1.69 bits per heavy atom. The minimum atomic E-state index is -0.128. The molecule has 0 radical (unpaired) electrons. The van der Waals surface area contributed by atoms with E-state index < -0.39 is 0 Å². The van der Waals surface area contributed by atoms with Crippen LogP contribution in [0.4, 0.5) is 5.69 Å². The van der Waals surface area contributed by atoms with E-state index in [2.05, 4.69) is 24.4 Å². The van der Waals surface area contributed by atoms with Gasteiger partial charge in [0.15, 0.2) is 0 Å². The molecule has 0 atom stereocenters. The summed E-state index contributed by atoms with van der Waals surface area (Å²) in [5.41, 5.74) is 6.12. The first kappa shape index (κ1) is 21.6. The summed E-state index contributed by atoms with van der Waals surface area (Å²) in [6.45, 7) is 4.15. The van der Waals surface area contributed by atoms with E-state index in [0.29, 0.717) is 5.56 Å². The van der Waals surface area contributed by atoms with Gasteiger partial charge < -0.3 is 10.1 Å². The van der Waals surface area contributed by atoms with Gasteiger partial charge in [0.05, 0.1) is 23.9 Å². The fraction of sp³-hybridized carbons (Fsp3) is 0.214. The number of rotatable bonds is 7. The second kappa shape index (κ2) is 9.65. The van der Waals surface area contributed by atoms with Gasteiger partial charge in [-0.05, 0) is 73.4 Å². The molecule has 0 fully saturated rings. The number of fused-ring (bicyclic) bond motifs is 1. The summed E-state index contributed by atoms with van der Waals surface area (Å²) in [6.07, 6.45) is 3.40. The number of hydrogen-bond acceptors (Lipinski definition) is 3. The van der Waals surface area contributed by atoms with E-state index in [0.717, 1.165) is 45.6 Å². The van der Waals surface area contributed by atoms with Gasteiger partial charge in [0, 0.05) is 16.6 Å². The zero-order valence-electron chi connectivity index (χ0n) is 18.8. The zero-order valence-corrected chi connectivity index (χ0v) is 18.8. The van der Waals surface area contributed by atoms with Gasteiger partial charge in [-0.25, -0.2) is 4.98 Å². The van der Waals surface area contributed by atoms with E-state index in [9.17, 15) is 4.79 Å². The molecule has 0 saturated heterocycles. The number of aryl methyl sites for hydroxylation is 1. The predicted octanol–water partition coefficient (Wildman–Crippen LogP) is 6.81. The van der Waals surface area contributed by atoms with Gasteiger partial charge in [0.1, 0.15) is 5.75 Å². The Labute approximate surface area is 189 Å². The van der Waals surface area contributed by atoms with Gasteiger partial charge in [-0.15, -0.1) is 0 Å². The average molecular weight is 425 g/mol. The van der Waals surface area contributed by atoms with Crippen molar-refractivity contribution in [1.29, 1.82) is 0 Å². The van der Waals surface area contributed by atoms with E-state index >= 15 is 0 Å². The van der Waals surface area contributed by atoms with Gasteiger partial charge in [0.25, 0.3) is 5.91 Å². The summed E-state index contributed by atoms with van der Waals surface area (Å²) in [4.78, 5) is 18.3. The molecular weight excluding hydrogens is 396 g/mol. The largest absolute Gasteiger partial charge is 0.497 e. The van der Waals surface area contributed by atoms with Crippen LogP contribution < -0.4 is 10.1 Å². The second-order valence-electron chi connectivity index (χ2n) is 7.96. The number of para-hydroxylation sites is 1. The maximum atomic E-state index is 13.4. The highest BCUT2D eigenvalue weighted by Gasteiger charge is 2.19. The molecule has 4 rings (SSSR count). The first-order chi connectivity index (χ1) is 15.6. The lowest BCUT2D eigenvalue weighted by Crippen LogP contribution is -2.15. The molecule has 0 saturated carbocycles. The number of benzene rings is 3. The van der Waals surface area contributed by atoms with Gasteiger partial charge in [-0.2, -0.15) is 0 Å². The predicted molar refractivity (Wildman–Crippen MR) is 131 cm³/mol. The molecule has 1 aromatic heterocycles. The zero-order chi connectivity index (χ0) is 22.5. The Morgan fingerprint density at radius 1 is 0.969 bits per heavy atom. The molecule has 0 bridgehead atoms. The third-order valence-corrected chi connectivity index (χ3v) is 5.76. The molecule has 0 aliphatic heterocycles. The van der Waals surface area contributed by atoms with E-state index in [1.807, 2.05) is 67.6 Å². The Morgan fingerprint density at radius 3 is 2.38 bits per heavy atom. The molecule has 1 heterocycles. The average Bonchev–Trinajstić information content (AvgIpc) is 2.83. The lowest BCUT2D eigenvalue weighted by atomic mass is 9.97. The fourth-order valence-electron chi connectivity index (χ4n) is 3.96. The summed E-state index contributed by atoms with van der Waals surface area (Å²) in [5.74, 6) is 0.657. The smallest absolute Gasteiger partial charge is 0.256 e. The van der Waals surface area contributed by atoms with E-state index in [4.69, 9.17) is 9.72 Å². The number of ether oxygens (including phenoxy) is 1. The van der Waals surface area contributed by atoms with Crippen LogP contribution in [0, 0.1) is 6.92 Å². The normalized spacial score (nSPS) is 10.8. The maximum absolute atomic E-state index is 13.4. The minimum absolute atomic E-state index is 0.128. The third-order valence-electron chi connectivity index (χ3n) is 5.76. The molecule has 4 aromatic rings. The van der Waals surface area contributed by atoms with Crippen LogP contribution in [0.1, 0.15) is 41.3 Å². The monoisotopic (exact) mass is 424 g/mol. The molecule has 0 aliphatic rings. The Kier molecular flexibility index (Phi) is 6.50. The van der Waals surface area contributed by atoms with E-state index in [1.54, 1.807) is 7.11 Å². The number of carbonyl (C=O) groups is 1. The highest BCUT2D eigenvalue weighted by molar-refractivity contribution is 6.14. The number of pyridine rings is 1. The van der Waals surface area contributed by atoms with Gasteiger partial charge >= 0.3 is 0 Å². The third kappa shape index (κ3) is 4.50. The van der Waals surface area contributed by atoms with E-state index in [1.165, 1.54) is 18.4 Å². The van der Waals surface area contributed by atoms with Crippen molar-refractivity contribution in [3.8, 4) is 17.0 Å². The van der Waals surface area contributed by atoms with Crippen molar-refractivity contribution in [2.45, 2.75) is 33.1 Å². The second-order valence-corrected chi connectivity index (χ2v) is 7.96. The van der Waals surface area contributed by atoms with Crippen LogP contribution >= 0.6 is 0 Å². The van der Waals surface area contributed by atoms with Crippen LogP contribution in [0.2, 0.25) is 0 Å². The summed E-state index contributed by atoms with van der Waals surface area (Å²) in [5, 5.41) is 3.93. The highest BCUT2D eigenvalue weighted by atomic mass is 16.5. The first-order valence-corrected chi connectivity index (χ1v) is 11.0. The van der Waals surface area contributed by atoms with Crippen molar-refractivity contribution in [3.63, 3.8) is 0 Å². The summed E-state index contributed by atoms with van der Waals surface area (Å²) in [6, 6.07) is 23.7. The fourth-order valence-corrected chi connectivity index (χ4v) is 3.96. The maximum Gasteiger partial charge on any atom is 0.256 e. The summed E-state index contributed by atoms with van der Waals surface area (Å²) >= 11 is 0. The van der Waals surface area contributed by atoms with Crippen molar-refractivity contribution >= 4 is 22.5 Å². The number of nitrogens with zero attached hydrogens (tertiary/aromatic N) is 1. The van der Waals surface area contributed by atoms with Crippen molar-refractivity contribution < 1.29 is 9.53 Å². The van der Waals surface area contributed by atoms with Crippen LogP contribution in [0.25, 0.3) is 22.2 Å². The molecule has 0 aliphatic carbocycles.